The Kier molecular flexibility index (Phi) is 6.19. The largest absolute Gasteiger partial charge is 0.490 e. The topological polar surface area (TPSA) is 29.5 Å². The van der Waals surface area contributed by atoms with Crippen LogP contribution in [-0.2, 0) is 0 Å². The van der Waals surface area contributed by atoms with Gasteiger partial charge in [-0.25, -0.2) is 0 Å². The first-order valence-corrected chi connectivity index (χ1v) is 7.14. The van der Waals surface area contributed by atoms with E-state index in [4.69, 9.17) is 16.3 Å². The Bertz CT molecular complexity index is 409. The van der Waals surface area contributed by atoms with Gasteiger partial charge in [0.05, 0.1) is 0 Å². The molecule has 1 atom stereocenters. The maximum Gasteiger partial charge on any atom is 0.122 e. The van der Waals surface area contributed by atoms with Gasteiger partial charge in [-0.3, -0.25) is 0 Å². The second-order valence-corrected chi connectivity index (χ2v) is 5.59. The molecule has 0 heterocycles. The van der Waals surface area contributed by atoms with Crippen molar-refractivity contribution in [3.8, 4) is 5.75 Å². The molecule has 1 N–H and O–H groups in total. The molecule has 18 heavy (non-hydrogen) atoms. The number of aryl methyl sites for hydroxylation is 1. The predicted octanol–water partition coefficient (Wildman–Crippen LogP) is 4.07. The van der Waals surface area contributed by atoms with Crippen molar-refractivity contribution in [1.82, 2.24) is 0 Å². The van der Waals surface area contributed by atoms with Crippen LogP contribution in [0, 0.1) is 6.92 Å². The Hall–Kier alpha value is -0.510. The van der Waals surface area contributed by atoms with Crippen molar-refractivity contribution >= 4 is 27.5 Å². The van der Waals surface area contributed by atoms with E-state index >= 15 is 0 Å². The van der Waals surface area contributed by atoms with E-state index in [2.05, 4.69) is 22.5 Å². The Morgan fingerprint density at radius 1 is 1.56 bits per heavy atom. The number of aliphatic hydroxyl groups is 1. The summed E-state index contributed by atoms with van der Waals surface area (Å²) in [6, 6.07) is 5.76. The molecule has 1 unspecified atom stereocenters. The van der Waals surface area contributed by atoms with E-state index < -0.39 is 5.60 Å². The minimum absolute atomic E-state index is 0.190. The number of rotatable bonds is 7. The standard InChI is InChI=1S/C14H18BrClO2/c1-3-14(17,7-4-8-16)10-18-13-6-5-12(15)9-11(13)2/h3,5-6,9,17H,1,4,7-8,10H2,2H3. The van der Waals surface area contributed by atoms with Gasteiger partial charge in [0.15, 0.2) is 0 Å². The fourth-order valence-electron chi connectivity index (χ4n) is 1.58. The number of halogens is 2. The lowest BCUT2D eigenvalue weighted by Crippen LogP contribution is -2.33. The SMILES string of the molecule is C=CC(O)(CCCCl)COc1ccc(Br)cc1C. The number of ether oxygens (including phenoxy) is 1. The third-order valence-electron chi connectivity index (χ3n) is 2.74. The zero-order chi connectivity index (χ0) is 13.6. The van der Waals surface area contributed by atoms with Gasteiger partial charge in [-0.1, -0.05) is 22.0 Å². The molecule has 2 nitrogen and oxygen atoms in total. The molecular formula is C14H18BrClO2. The lowest BCUT2D eigenvalue weighted by molar-refractivity contribution is 0.0301. The van der Waals surface area contributed by atoms with E-state index in [-0.39, 0.29) is 6.61 Å². The Balaban J connectivity index is 2.64. The zero-order valence-corrected chi connectivity index (χ0v) is 12.8. The van der Waals surface area contributed by atoms with Gasteiger partial charge in [-0.2, -0.15) is 0 Å². The highest BCUT2D eigenvalue weighted by molar-refractivity contribution is 9.10. The summed E-state index contributed by atoms with van der Waals surface area (Å²) in [6.45, 7) is 5.81. The molecule has 4 heteroatoms. The summed E-state index contributed by atoms with van der Waals surface area (Å²) in [5, 5.41) is 10.2. The molecule has 0 saturated heterocycles. The van der Waals surface area contributed by atoms with E-state index in [1.165, 1.54) is 6.08 Å². The normalized spacial score (nSPS) is 14.0. The molecule has 0 aliphatic rings. The first-order chi connectivity index (χ1) is 8.50. The summed E-state index contributed by atoms with van der Waals surface area (Å²) in [6.07, 6.45) is 2.80. The van der Waals surface area contributed by atoms with E-state index in [0.717, 1.165) is 22.2 Å². The molecule has 0 aromatic heterocycles. The van der Waals surface area contributed by atoms with Crippen molar-refractivity contribution in [3.05, 3.63) is 40.9 Å². The number of benzene rings is 1. The molecule has 100 valence electrons. The summed E-state index contributed by atoms with van der Waals surface area (Å²) in [7, 11) is 0. The van der Waals surface area contributed by atoms with Crippen LogP contribution in [0.3, 0.4) is 0 Å². The highest BCUT2D eigenvalue weighted by Crippen LogP contribution is 2.24. The second kappa shape index (κ2) is 7.17. The van der Waals surface area contributed by atoms with Crippen LogP contribution in [-0.4, -0.2) is 23.2 Å². The highest BCUT2D eigenvalue weighted by Gasteiger charge is 2.23. The summed E-state index contributed by atoms with van der Waals surface area (Å²) in [5.74, 6) is 1.29. The molecule has 0 fully saturated rings. The highest BCUT2D eigenvalue weighted by atomic mass is 79.9. The summed E-state index contributed by atoms with van der Waals surface area (Å²) in [4.78, 5) is 0. The Morgan fingerprint density at radius 3 is 2.83 bits per heavy atom. The first-order valence-electron chi connectivity index (χ1n) is 5.81. The molecule has 0 radical (unpaired) electrons. The van der Waals surface area contributed by atoms with Gasteiger partial charge in [-0.05, 0) is 43.5 Å². The van der Waals surface area contributed by atoms with Crippen LogP contribution >= 0.6 is 27.5 Å². The van der Waals surface area contributed by atoms with Crippen molar-refractivity contribution in [2.24, 2.45) is 0 Å². The van der Waals surface area contributed by atoms with Gasteiger partial charge < -0.3 is 9.84 Å². The minimum atomic E-state index is -1.02. The van der Waals surface area contributed by atoms with E-state index in [1.54, 1.807) is 0 Å². The summed E-state index contributed by atoms with van der Waals surface area (Å²) >= 11 is 9.03. The lowest BCUT2D eigenvalue weighted by Gasteiger charge is -2.24. The maximum absolute atomic E-state index is 10.2. The van der Waals surface area contributed by atoms with Gasteiger partial charge in [0.2, 0.25) is 0 Å². The summed E-state index contributed by atoms with van der Waals surface area (Å²) in [5.41, 5.74) is 0.00198. The quantitative estimate of drug-likeness (QED) is 0.602. The van der Waals surface area contributed by atoms with Gasteiger partial charge >= 0.3 is 0 Å². The van der Waals surface area contributed by atoms with Crippen molar-refractivity contribution in [2.75, 3.05) is 12.5 Å². The van der Waals surface area contributed by atoms with Crippen LogP contribution in [0.1, 0.15) is 18.4 Å². The van der Waals surface area contributed by atoms with Gasteiger partial charge in [-0.15, -0.1) is 18.2 Å². The van der Waals surface area contributed by atoms with Crippen molar-refractivity contribution in [2.45, 2.75) is 25.4 Å². The van der Waals surface area contributed by atoms with Crippen LogP contribution in [0.25, 0.3) is 0 Å². The van der Waals surface area contributed by atoms with Crippen LogP contribution in [0.15, 0.2) is 35.3 Å². The third-order valence-corrected chi connectivity index (χ3v) is 3.50. The van der Waals surface area contributed by atoms with Crippen LogP contribution in [0.5, 0.6) is 5.75 Å². The maximum atomic E-state index is 10.2. The molecule has 1 rings (SSSR count). The van der Waals surface area contributed by atoms with Crippen molar-refractivity contribution in [1.29, 1.82) is 0 Å². The molecule has 0 spiro atoms. The number of alkyl halides is 1. The first kappa shape index (κ1) is 15.5. The molecule has 0 amide bonds. The van der Waals surface area contributed by atoms with Crippen LogP contribution < -0.4 is 4.74 Å². The van der Waals surface area contributed by atoms with Crippen molar-refractivity contribution < 1.29 is 9.84 Å². The number of hydrogen-bond acceptors (Lipinski definition) is 2. The average molecular weight is 334 g/mol. The lowest BCUT2D eigenvalue weighted by atomic mass is 9.99. The van der Waals surface area contributed by atoms with Crippen LogP contribution in [0.4, 0.5) is 0 Å². The molecule has 1 aromatic rings. The molecule has 1 aromatic carbocycles. The molecule has 0 aliphatic heterocycles. The van der Waals surface area contributed by atoms with E-state index in [1.807, 2.05) is 25.1 Å². The third kappa shape index (κ3) is 4.63. The average Bonchev–Trinajstić information content (AvgIpc) is 2.35. The van der Waals surface area contributed by atoms with Gasteiger partial charge in [0, 0.05) is 10.4 Å². The fourth-order valence-corrected chi connectivity index (χ4v) is 2.19. The fraction of sp³-hybridized carbons (Fsp3) is 0.429. The molecular weight excluding hydrogens is 316 g/mol. The second-order valence-electron chi connectivity index (χ2n) is 4.30. The van der Waals surface area contributed by atoms with E-state index in [0.29, 0.717) is 12.3 Å². The van der Waals surface area contributed by atoms with Gasteiger partial charge in [0.25, 0.3) is 0 Å². The summed E-state index contributed by atoms with van der Waals surface area (Å²) < 4.78 is 6.67. The zero-order valence-electron chi connectivity index (χ0n) is 10.5. The molecule has 0 saturated carbocycles. The van der Waals surface area contributed by atoms with E-state index in [9.17, 15) is 5.11 Å². The monoisotopic (exact) mass is 332 g/mol. The van der Waals surface area contributed by atoms with Crippen LogP contribution in [0.2, 0.25) is 0 Å². The Morgan fingerprint density at radius 2 is 2.28 bits per heavy atom. The minimum Gasteiger partial charge on any atom is -0.490 e. The van der Waals surface area contributed by atoms with Gasteiger partial charge in [0.1, 0.15) is 18.0 Å². The smallest absolute Gasteiger partial charge is 0.122 e. The Labute approximate surface area is 122 Å². The molecule has 0 bridgehead atoms. The predicted molar refractivity (Wildman–Crippen MR) is 79.5 cm³/mol. The van der Waals surface area contributed by atoms with Crippen molar-refractivity contribution in [3.63, 3.8) is 0 Å². The molecule has 0 aliphatic carbocycles. The number of hydrogen-bond donors (Lipinski definition) is 1.